The molecule has 0 amide bonds. The van der Waals surface area contributed by atoms with Crippen molar-refractivity contribution >= 4 is 17.0 Å². The lowest BCUT2D eigenvalue weighted by Gasteiger charge is -2.58. The maximum Gasteiger partial charge on any atom is 0.307 e. The standard InChI is InChI=1S/C26H39N5O/c1-18(12-15-31-17-30(6)24-22(31)23(29-32)27-16-28-24)8-10-20-19(2)9-11-21-25(3,4)13-7-14-26(20,21)5/h12,16-17,20-21H,2,7-11,13-15H2,1,3-6H3,(H-,27,28,29,32)/b18-12+/t20-,21-,26+/m1/s1. The highest BCUT2D eigenvalue weighted by atomic mass is 16.5. The minimum absolute atomic E-state index is 0.319. The molecule has 174 valence electrons. The van der Waals surface area contributed by atoms with Crippen molar-refractivity contribution in [2.24, 2.45) is 29.7 Å². The van der Waals surface area contributed by atoms with Gasteiger partial charge in [-0.05, 0) is 68.1 Å². The third-order valence-electron chi connectivity index (χ3n) is 8.62. The number of hydrogen-bond acceptors (Lipinski definition) is 4. The van der Waals surface area contributed by atoms with Crippen LogP contribution >= 0.6 is 0 Å². The molecule has 0 spiro atoms. The van der Waals surface area contributed by atoms with Crippen LogP contribution in [0, 0.1) is 27.9 Å². The fourth-order valence-corrected chi connectivity index (χ4v) is 6.96. The van der Waals surface area contributed by atoms with E-state index < -0.39 is 0 Å². The van der Waals surface area contributed by atoms with Crippen LogP contribution in [0.3, 0.4) is 0 Å². The summed E-state index contributed by atoms with van der Waals surface area (Å²) in [5, 5.41) is 11.4. The van der Waals surface area contributed by atoms with Crippen LogP contribution in [0.2, 0.25) is 0 Å². The molecule has 2 aromatic rings. The van der Waals surface area contributed by atoms with Crippen LogP contribution in [-0.4, -0.2) is 14.5 Å². The second-order valence-corrected chi connectivity index (χ2v) is 11.1. The minimum atomic E-state index is 0.319. The Morgan fingerprint density at radius 1 is 1.34 bits per heavy atom. The average Bonchev–Trinajstić information content (AvgIpc) is 3.07. The van der Waals surface area contributed by atoms with Crippen molar-refractivity contribution in [3.63, 3.8) is 0 Å². The van der Waals surface area contributed by atoms with Crippen molar-refractivity contribution in [1.82, 2.24) is 14.5 Å². The van der Waals surface area contributed by atoms with Gasteiger partial charge in [-0.25, -0.2) is 4.57 Å². The maximum absolute atomic E-state index is 11.4. The number of allylic oxidation sites excluding steroid dienone is 3. The van der Waals surface area contributed by atoms with Gasteiger partial charge in [0.2, 0.25) is 5.52 Å². The zero-order valence-corrected chi connectivity index (χ0v) is 20.4. The first-order valence-electron chi connectivity index (χ1n) is 12.1. The van der Waals surface area contributed by atoms with Gasteiger partial charge in [0.25, 0.3) is 0 Å². The van der Waals surface area contributed by atoms with Crippen LogP contribution < -0.4 is 10.0 Å². The van der Waals surface area contributed by atoms with Crippen molar-refractivity contribution in [2.75, 3.05) is 5.48 Å². The average molecular weight is 438 g/mol. The Morgan fingerprint density at radius 2 is 2.12 bits per heavy atom. The fourth-order valence-electron chi connectivity index (χ4n) is 6.96. The molecule has 4 rings (SSSR count). The van der Waals surface area contributed by atoms with E-state index in [0.717, 1.165) is 23.5 Å². The summed E-state index contributed by atoms with van der Waals surface area (Å²) in [6.07, 6.45) is 14.5. The Hall–Kier alpha value is -2.21. The quantitative estimate of drug-likeness (QED) is 0.358. The summed E-state index contributed by atoms with van der Waals surface area (Å²) in [6, 6.07) is 0. The van der Waals surface area contributed by atoms with Gasteiger partial charge in [0.15, 0.2) is 18.5 Å². The lowest BCUT2D eigenvalue weighted by Crippen LogP contribution is -2.49. The number of aryl methyl sites for hydroxylation is 1. The highest BCUT2D eigenvalue weighted by Crippen LogP contribution is 2.61. The fraction of sp³-hybridized carbons (Fsp3) is 0.654. The third-order valence-corrected chi connectivity index (χ3v) is 8.62. The minimum Gasteiger partial charge on any atom is -0.760 e. The largest absolute Gasteiger partial charge is 0.760 e. The summed E-state index contributed by atoms with van der Waals surface area (Å²) in [7, 11) is 1.94. The molecule has 3 atom stereocenters. The van der Waals surface area contributed by atoms with Gasteiger partial charge in [-0.3, -0.25) is 4.57 Å². The number of anilines is 1. The van der Waals surface area contributed by atoms with E-state index in [1.807, 2.05) is 28.0 Å². The number of hydrogen-bond donors (Lipinski definition) is 1. The van der Waals surface area contributed by atoms with Gasteiger partial charge in [0.05, 0.1) is 13.6 Å². The van der Waals surface area contributed by atoms with E-state index in [1.165, 1.54) is 56.0 Å². The second-order valence-electron chi connectivity index (χ2n) is 11.1. The molecule has 1 N–H and O–H groups in total. The molecule has 0 bridgehead atoms. The smallest absolute Gasteiger partial charge is 0.307 e. The summed E-state index contributed by atoms with van der Waals surface area (Å²) in [4.78, 5) is 8.41. The lowest BCUT2D eigenvalue weighted by atomic mass is 9.47. The van der Waals surface area contributed by atoms with E-state index in [-0.39, 0.29) is 0 Å². The maximum atomic E-state index is 11.4. The topological polar surface area (TPSA) is 69.7 Å². The molecule has 2 aliphatic rings. The first-order valence-corrected chi connectivity index (χ1v) is 12.1. The number of rotatable bonds is 6. The van der Waals surface area contributed by atoms with Gasteiger partial charge in [-0.15, -0.1) is 0 Å². The first kappa shape index (κ1) is 23.0. The van der Waals surface area contributed by atoms with Crippen LogP contribution in [0.4, 0.5) is 5.82 Å². The molecule has 2 fully saturated rings. The molecule has 0 aromatic carbocycles. The van der Waals surface area contributed by atoms with Crippen molar-refractivity contribution < 1.29 is 4.57 Å². The van der Waals surface area contributed by atoms with E-state index in [1.54, 1.807) is 0 Å². The lowest BCUT2D eigenvalue weighted by molar-refractivity contribution is -0.647. The molecule has 2 heterocycles. The number of nitrogens with zero attached hydrogens (tertiary/aromatic N) is 4. The second kappa shape index (κ2) is 8.62. The van der Waals surface area contributed by atoms with Crippen LogP contribution in [0.15, 0.2) is 36.5 Å². The Labute approximate surface area is 192 Å². The summed E-state index contributed by atoms with van der Waals surface area (Å²) in [5.74, 6) is 1.73. The normalized spacial score (nSPS) is 28.1. The highest BCUT2D eigenvalue weighted by Gasteiger charge is 2.52. The monoisotopic (exact) mass is 437 g/mol. The molecule has 2 saturated carbocycles. The van der Waals surface area contributed by atoms with Crippen LogP contribution in [0.25, 0.3) is 11.2 Å². The predicted molar refractivity (Wildman–Crippen MR) is 130 cm³/mol. The Morgan fingerprint density at radius 3 is 2.88 bits per heavy atom. The molecular weight excluding hydrogens is 398 g/mol. The van der Waals surface area contributed by atoms with Crippen LogP contribution in [0.1, 0.15) is 72.6 Å². The number of imidazole rings is 1. The van der Waals surface area contributed by atoms with Crippen molar-refractivity contribution in [2.45, 2.75) is 79.2 Å². The van der Waals surface area contributed by atoms with E-state index >= 15 is 0 Å². The summed E-state index contributed by atoms with van der Waals surface area (Å²) < 4.78 is 3.97. The summed E-state index contributed by atoms with van der Waals surface area (Å²) in [6.45, 7) is 15.0. The molecule has 2 aromatic heterocycles. The zero-order chi connectivity index (χ0) is 23.1. The molecule has 0 radical (unpaired) electrons. The van der Waals surface area contributed by atoms with Gasteiger partial charge in [0.1, 0.15) is 0 Å². The zero-order valence-electron chi connectivity index (χ0n) is 20.4. The number of aromatic nitrogens is 4. The molecule has 0 saturated heterocycles. The van der Waals surface area contributed by atoms with Gasteiger partial charge in [-0.2, -0.15) is 4.98 Å². The van der Waals surface area contributed by atoms with Crippen molar-refractivity contribution in [3.8, 4) is 0 Å². The van der Waals surface area contributed by atoms with E-state index in [4.69, 9.17) is 0 Å². The third kappa shape index (κ3) is 3.98. The molecule has 0 unspecified atom stereocenters. The Balaban J connectivity index is 1.48. The van der Waals surface area contributed by atoms with E-state index in [0.29, 0.717) is 29.1 Å². The SMILES string of the molecule is C=C1CC[C@@H]2C(C)(C)CCC[C@@]2(C)[C@@H]1CC/C(C)=C/Cn1c[n+](C)c2ncnc(N[O-])c21. The number of nitrogens with one attached hydrogen (secondary N) is 1. The van der Waals surface area contributed by atoms with Crippen LogP contribution in [-0.2, 0) is 13.6 Å². The molecule has 6 nitrogen and oxygen atoms in total. The number of fused-ring (bicyclic) bond motifs is 2. The molecular formula is C26H39N5O. The Kier molecular flexibility index (Phi) is 6.19. The molecule has 6 heteroatoms. The molecule has 0 aliphatic heterocycles. The van der Waals surface area contributed by atoms with Gasteiger partial charge >= 0.3 is 5.65 Å². The highest BCUT2D eigenvalue weighted by molar-refractivity contribution is 5.80. The first-order chi connectivity index (χ1) is 15.2. The molecule has 32 heavy (non-hydrogen) atoms. The summed E-state index contributed by atoms with van der Waals surface area (Å²) >= 11 is 0. The van der Waals surface area contributed by atoms with Crippen LogP contribution in [0.5, 0.6) is 0 Å². The van der Waals surface area contributed by atoms with E-state index in [9.17, 15) is 5.21 Å². The van der Waals surface area contributed by atoms with Gasteiger partial charge in [-0.1, -0.05) is 56.0 Å². The van der Waals surface area contributed by atoms with Crippen molar-refractivity contribution in [3.05, 3.63) is 41.7 Å². The van der Waals surface area contributed by atoms with Crippen molar-refractivity contribution in [1.29, 1.82) is 0 Å². The molecule has 2 aliphatic carbocycles. The Bertz CT molecular complexity index is 1040. The predicted octanol–water partition coefficient (Wildman–Crippen LogP) is 5.69. The van der Waals surface area contributed by atoms with Gasteiger partial charge < -0.3 is 10.7 Å². The summed E-state index contributed by atoms with van der Waals surface area (Å²) in [5.41, 5.74) is 7.14. The van der Waals surface area contributed by atoms with E-state index in [2.05, 4.69) is 50.3 Å². The van der Waals surface area contributed by atoms with Gasteiger partial charge in [0, 0.05) is 0 Å².